The number of hydrogen-bond donors (Lipinski definition) is 2. The Labute approximate surface area is 231 Å². The van der Waals surface area contributed by atoms with Gasteiger partial charge in [-0.05, 0) is 88.9 Å². The van der Waals surface area contributed by atoms with Crippen LogP contribution in [0.15, 0.2) is 35.6 Å². The number of Topliss-reactive ketones (excluding diaryl/α,β-unsaturated/α-hetero) is 2. The highest BCUT2D eigenvalue weighted by Gasteiger charge is 2.72. The monoisotopic (exact) mass is 540 g/mol. The van der Waals surface area contributed by atoms with Gasteiger partial charge >= 0.3 is 5.97 Å². The number of hydrogen-bond acceptors (Lipinski definition) is 7. The van der Waals surface area contributed by atoms with E-state index in [2.05, 4.69) is 13.0 Å². The Morgan fingerprint density at radius 3 is 2.28 bits per heavy atom. The van der Waals surface area contributed by atoms with Crippen LogP contribution in [0, 0.1) is 39.4 Å². The van der Waals surface area contributed by atoms with Gasteiger partial charge in [0, 0.05) is 30.6 Å². The topological polar surface area (TPSA) is 118 Å². The minimum atomic E-state index is -1.73. The van der Waals surface area contributed by atoms with E-state index in [1.165, 1.54) is 26.0 Å². The number of carbonyl (C=O) groups excluding carboxylic acids is 4. The van der Waals surface area contributed by atoms with Crippen molar-refractivity contribution in [2.24, 2.45) is 39.4 Å². The maximum Gasteiger partial charge on any atom is 0.303 e. The van der Waals surface area contributed by atoms with Crippen LogP contribution in [-0.2, 0) is 23.9 Å². The van der Waals surface area contributed by atoms with Gasteiger partial charge in [0.1, 0.15) is 17.0 Å². The molecule has 2 saturated carbocycles. The molecule has 0 aromatic carbocycles. The van der Waals surface area contributed by atoms with Crippen molar-refractivity contribution in [1.29, 1.82) is 0 Å². The first-order valence-corrected chi connectivity index (χ1v) is 14.0. The van der Waals surface area contributed by atoms with Crippen molar-refractivity contribution in [2.45, 2.75) is 99.2 Å². The molecule has 0 spiro atoms. The average Bonchev–Trinajstić information content (AvgIpc) is 3.07. The molecule has 2 fully saturated rings. The minimum absolute atomic E-state index is 0.0407. The fourth-order valence-electron chi connectivity index (χ4n) is 8.83. The molecule has 2 N–H and O–H groups in total. The van der Waals surface area contributed by atoms with Crippen LogP contribution in [0.5, 0.6) is 0 Å². The van der Waals surface area contributed by atoms with Crippen LogP contribution in [0.2, 0.25) is 0 Å². The Hall–Kier alpha value is -2.54. The zero-order valence-electron chi connectivity index (χ0n) is 24.8. The predicted octanol–water partition coefficient (Wildman–Crippen LogP) is 5.22. The van der Waals surface area contributed by atoms with Gasteiger partial charge < -0.3 is 14.9 Å². The molecule has 7 nitrogen and oxygen atoms in total. The third-order valence-corrected chi connectivity index (χ3v) is 11.3. The van der Waals surface area contributed by atoms with Crippen molar-refractivity contribution in [2.75, 3.05) is 0 Å². The van der Waals surface area contributed by atoms with Crippen molar-refractivity contribution in [3.05, 3.63) is 35.6 Å². The number of aliphatic hydroxyl groups excluding tert-OH is 1. The number of esters is 1. The van der Waals surface area contributed by atoms with Crippen LogP contribution in [0.3, 0.4) is 0 Å². The minimum Gasteiger partial charge on any atom is -0.505 e. The maximum absolute atomic E-state index is 14.2. The Kier molecular flexibility index (Phi) is 6.59. The summed E-state index contributed by atoms with van der Waals surface area (Å²) in [6.45, 7) is 16.0. The van der Waals surface area contributed by atoms with E-state index in [4.69, 9.17) is 4.74 Å². The Bertz CT molecular complexity index is 1230. The predicted molar refractivity (Wildman–Crippen MR) is 146 cm³/mol. The molecular weight excluding hydrogens is 496 g/mol. The molecule has 0 radical (unpaired) electrons. The molecule has 0 heterocycles. The van der Waals surface area contributed by atoms with E-state index in [9.17, 15) is 29.4 Å². The molecule has 0 unspecified atom stereocenters. The molecule has 7 atom stereocenters. The van der Waals surface area contributed by atoms with Crippen LogP contribution in [0.25, 0.3) is 0 Å². The summed E-state index contributed by atoms with van der Waals surface area (Å²) < 4.78 is 5.25. The Morgan fingerprint density at radius 2 is 1.69 bits per heavy atom. The van der Waals surface area contributed by atoms with Crippen molar-refractivity contribution in [3.63, 3.8) is 0 Å². The van der Waals surface area contributed by atoms with Gasteiger partial charge in [-0.3, -0.25) is 19.2 Å². The molecule has 0 aromatic rings. The van der Waals surface area contributed by atoms with Gasteiger partial charge in [-0.15, -0.1) is 0 Å². The fraction of sp³-hybridized carbons (Fsp3) is 0.688. The van der Waals surface area contributed by atoms with Crippen LogP contribution >= 0.6 is 0 Å². The largest absolute Gasteiger partial charge is 0.505 e. The van der Waals surface area contributed by atoms with E-state index in [1.54, 1.807) is 19.9 Å². The summed E-state index contributed by atoms with van der Waals surface area (Å²) in [7, 11) is 0. The highest BCUT2D eigenvalue weighted by molar-refractivity contribution is 6.02. The van der Waals surface area contributed by atoms with E-state index < -0.39 is 45.1 Å². The van der Waals surface area contributed by atoms with Crippen LogP contribution < -0.4 is 0 Å². The summed E-state index contributed by atoms with van der Waals surface area (Å²) >= 11 is 0. The average molecular weight is 541 g/mol. The van der Waals surface area contributed by atoms with Gasteiger partial charge in [-0.25, -0.2) is 0 Å². The lowest BCUT2D eigenvalue weighted by Crippen LogP contribution is -2.64. The second-order valence-corrected chi connectivity index (χ2v) is 14.3. The number of allylic oxidation sites excluding steroid dienone is 4. The lowest BCUT2D eigenvalue weighted by Gasteiger charge is -2.63. The van der Waals surface area contributed by atoms with Gasteiger partial charge in [0.05, 0.1) is 5.41 Å². The number of fused-ring (bicyclic) bond motifs is 5. The van der Waals surface area contributed by atoms with Crippen LogP contribution in [0.4, 0.5) is 0 Å². The molecule has 0 aromatic heterocycles. The molecule has 4 rings (SSSR count). The normalized spacial score (nSPS) is 39.2. The third-order valence-electron chi connectivity index (χ3n) is 11.3. The summed E-state index contributed by atoms with van der Waals surface area (Å²) in [4.78, 5) is 51.9. The van der Waals surface area contributed by atoms with E-state index in [1.807, 2.05) is 27.7 Å². The molecule has 7 heteroatoms. The van der Waals surface area contributed by atoms with Gasteiger partial charge in [0.15, 0.2) is 11.5 Å². The third kappa shape index (κ3) is 4.01. The zero-order valence-corrected chi connectivity index (χ0v) is 24.8. The number of ketones is 3. The van der Waals surface area contributed by atoms with Gasteiger partial charge in [-0.2, -0.15) is 0 Å². The molecule has 0 aliphatic heterocycles. The molecule has 39 heavy (non-hydrogen) atoms. The molecule has 0 bridgehead atoms. The summed E-state index contributed by atoms with van der Waals surface area (Å²) in [5, 5.41) is 22.3. The maximum atomic E-state index is 14.2. The lowest BCUT2D eigenvalue weighted by atomic mass is 9.39. The molecule has 214 valence electrons. The second-order valence-electron chi connectivity index (χ2n) is 14.3. The van der Waals surface area contributed by atoms with E-state index in [0.717, 1.165) is 12.0 Å². The smallest absolute Gasteiger partial charge is 0.303 e. The van der Waals surface area contributed by atoms with Crippen molar-refractivity contribution >= 4 is 23.3 Å². The number of carbonyl (C=O) groups is 4. The fourth-order valence-corrected chi connectivity index (χ4v) is 8.83. The molecule has 4 aliphatic rings. The molecule has 4 aliphatic carbocycles. The Morgan fingerprint density at radius 1 is 1.08 bits per heavy atom. The Balaban J connectivity index is 1.72. The number of rotatable bonds is 5. The first-order chi connectivity index (χ1) is 17.7. The SMILES string of the molecule is CC(=O)OC(C)(C)/C=C/C(=O)[C@@](C)(O)[C@@H]1CC[C@@]2(C)[C@H]3CC=C4[C@H](C=C(O)C(=O)C4(C)C)[C@@]3(C)C(=O)C[C@@]12C. The van der Waals surface area contributed by atoms with Crippen LogP contribution in [-0.4, -0.2) is 44.7 Å². The summed E-state index contributed by atoms with van der Waals surface area (Å²) in [5.41, 5.74) is -4.57. The van der Waals surface area contributed by atoms with Gasteiger partial charge in [0.2, 0.25) is 5.78 Å². The highest BCUT2D eigenvalue weighted by atomic mass is 16.6. The van der Waals surface area contributed by atoms with Crippen LogP contribution in [0.1, 0.15) is 88.0 Å². The first-order valence-electron chi connectivity index (χ1n) is 14.0. The lowest BCUT2D eigenvalue weighted by molar-refractivity contribution is -0.176. The van der Waals surface area contributed by atoms with Crippen molar-refractivity contribution < 1.29 is 34.1 Å². The first kappa shape index (κ1) is 29.4. The molecule has 0 amide bonds. The van der Waals surface area contributed by atoms with E-state index in [0.29, 0.717) is 12.8 Å². The summed E-state index contributed by atoms with van der Waals surface area (Å²) in [5.74, 6) is -2.45. The van der Waals surface area contributed by atoms with Gasteiger partial charge in [0.25, 0.3) is 0 Å². The molecule has 0 saturated heterocycles. The quantitative estimate of drug-likeness (QED) is 0.279. The van der Waals surface area contributed by atoms with E-state index in [-0.39, 0.29) is 41.0 Å². The summed E-state index contributed by atoms with van der Waals surface area (Å²) in [6, 6.07) is 0. The standard InChI is InChI=1S/C32H44O7/c1-18(33)39-27(2,3)14-13-24(35)32(9,38)23-12-15-29(6)22-11-10-19-20(16-21(34)26(37)28(19,4)5)31(22,8)25(36)17-30(23,29)7/h10,13-14,16,20,22-23,34,38H,11-12,15,17H2,1-9H3/b14-13+/t20-,22+,23+,29-,30-,31+,32-/m0/s1. The molecular formula is C32H44O7. The van der Waals surface area contributed by atoms with Gasteiger partial charge in [-0.1, -0.05) is 32.4 Å². The zero-order chi connectivity index (χ0) is 29.6. The summed E-state index contributed by atoms with van der Waals surface area (Å²) in [6.07, 6.45) is 8.59. The second kappa shape index (κ2) is 8.73. The van der Waals surface area contributed by atoms with Crippen molar-refractivity contribution in [3.8, 4) is 0 Å². The van der Waals surface area contributed by atoms with Crippen molar-refractivity contribution in [1.82, 2.24) is 0 Å². The van der Waals surface area contributed by atoms with E-state index >= 15 is 0 Å². The number of aliphatic hydroxyl groups is 2. The highest BCUT2D eigenvalue weighted by Crippen LogP contribution is 2.73. The number of ether oxygens (including phenoxy) is 1.